The van der Waals surface area contributed by atoms with Crippen LogP contribution in [0.1, 0.15) is 44.1 Å². The van der Waals surface area contributed by atoms with E-state index in [1.807, 2.05) is 73.9 Å². The Labute approximate surface area is 165 Å². The second-order valence-corrected chi connectivity index (χ2v) is 7.00. The zero-order chi connectivity index (χ0) is 20.1. The summed E-state index contributed by atoms with van der Waals surface area (Å²) in [6, 6.07) is 15.1. The van der Waals surface area contributed by atoms with Gasteiger partial charge in [-0.25, -0.2) is 4.98 Å². The van der Waals surface area contributed by atoms with Crippen LogP contribution in [0.3, 0.4) is 0 Å². The summed E-state index contributed by atoms with van der Waals surface area (Å²) in [7, 11) is 0. The van der Waals surface area contributed by atoms with E-state index in [0.717, 1.165) is 28.7 Å². The third-order valence-corrected chi connectivity index (χ3v) is 4.53. The van der Waals surface area contributed by atoms with E-state index in [2.05, 4.69) is 15.6 Å². The topological polar surface area (TPSA) is 76.0 Å². The molecule has 1 heterocycles. The molecule has 0 saturated heterocycles. The van der Waals surface area contributed by atoms with Gasteiger partial charge in [0.15, 0.2) is 0 Å². The number of carbonyl (C=O) groups is 2. The van der Waals surface area contributed by atoms with E-state index in [9.17, 15) is 9.59 Å². The third kappa shape index (κ3) is 4.57. The summed E-state index contributed by atoms with van der Waals surface area (Å²) in [4.78, 5) is 29.4. The highest BCUT2D eigenvalue weighted by Crippen LogP contribution is 2.21. The smallest absolute Gasteiger partial charge is 0.244 e. The van der Waals surface area contributed by atoms with Gasteiger partial charge in [-0.15, -0.1) is 0 Å². The molecule has 6 heteroatoms. The predicted octanol–water partition coefficient (Wildman–Crippen LogP) is 3.96. The molecule has 3 rings (SSSR count). The van der Waals surface area contributed by atoms with Crippen LogP contribution < -0.4 is 10.6 Å². The molecule has 28 heavy (non-hydrogen) atoms. The zero-order valence-electron chi connectivity index (χ0n) is 16.5. The molecule has 6 nitrogen and oxygen atoms in total. The first-order valence-electron chi connectivity index (χ1n) is 9.59. The number of rotatable bonds is 7. The Bertz CT molecular complexity index is 993. The molecule has 3 aromatic rings. The Morgan fingerprint density at radius 3 is 2.64 bits per heavy atom. The van der Waals surface area contributed by atoms with Gasteiger partial charge >= 0.3 is 0 Å². The molecule has 0 aliphatic rings. The number of hydrogen-bond donors (Lipinski definition) is 2. The van der Waals surface area contributed by atoms with Crippen molar-refractivity contribution in [2.45, 2.75) is 46.2 Å². The summed E-state index contributed by atoms with van der Waals surface area (Å²) in [6.45, 7) is 5.97. The van der Waals surface area contributed by atoms with Crippen molar-refractivity contribution < 1.29 is 9.59 Å². The quantitative estimate of drug-likeness (QED) is 0.653. The molecule has 0 aliphatic carbocycles. The van der Waals surface area contributed by atoms with Gasteiger partial charge in [-0.05, 0) is 50.1 Å². The highest BCUT2D eigenvalue weighted by atomic mass is 16.2. The minimum absolute atomic E-state index is 0.0159. The van der Waals surface area contributed by atoms with Gasteiger partial charge in [0.1, 0.15) is 12.4 Å². The van der Waals surface area contributed by atoms with Crippen molar-refractivity contribution in [1.82, 2.24) is 14.9 Å². The second kappa shape index (κ2) is 8.69. The van der Waals surface area contributed by atoms with Crippen LogP contribution in [0.2, 0.25) is 0 Å². The van der Waals surface area contributed by atoms with Crippen LogP contribution in [0.4, 0.5) is 5.69 Å². The van der Waals surface area contributed by atoms with Gasteiger partial charge in [-0.3, -0.25) is 9.59 Å². The normalized spacial score (nSPS) is 12.0. The number of para-hydroxylation sites is 2. The van der Waals surface area contributed by atoms with Crippen molar-refractivity contribution in [2.75, 3.05) is 5.32 Å². The van der Waals surface area contributed by atoms with Crippen molar-refractivity contribution >= 4 is 28.5 Å². The molecule has 146 valence electrons. The van der Waals surface area contributed by atoms with E-state index >= 15 is 0 Å². The fourth-order valence-corrected chi connectivity index (χ4v) is 3.26. The van der Waals surface area contributed by atoms with Crippen LogP contribution in [-0.2, 0) is 16.1 Å². The minimum atomic E-state index is -0.293. The number of aromatic nitrogens is 2. The molecule has 0 bridgehead atoms. The number of benzene rings is 2. The molecule has 0 saturated carbocycles. The Morgan fingerprint density at radius 1 is 1.11 bits per heavy atom. The van der Waals surface area contributed by atoms with Gasteiger partial charge in [-0.1, -0.05) is 31.2 Å². The number of nitrogens with one attached hydrogen (secondary N) is 2. The van der Waals surface area contributed by atoms with Crippen LogP contribution in [0, 0.1) is 6.92 Å². The Morgan fingerprint density at radius 2 is 1.89 bits per heavy atom. The van der Waals surface area contributed by atoms with Crippen LogP contribution in [0.25, 0.3) is 11.0 Å². The summed E-state index contributed by atoms with van der Waals surface area (Å²) in [5.41, 5.74) is 3.52. The molecule has 0 fully saturated rings. The summed E-state index contributed by atoms with van der Waals surface area (Å²) in [5.74, 6) is 0.518. The van der Waals surface area contributed by atoms with E-state index < -0.39 is 0 Å². The van der Waals surface area contributed by atoms with Gasteiger partial charge < -0.3 is 15.2 Å². The Kier molecular flexibility index (Phi) is 6.09. The molecular formula is C22H26N4O2. The summed E-state index contributed by atoms with van der Waals surface area (Å²) in [5, 5.41) is 5.91. The number of amides is 2. The first kappa shape index (κ1) is 19.6. The Hall–Kier alpha value is -3.15. The van der Waals surface area contributed by atoms with E-state index in [0.29, 0.717) is 12.2 Å². The van der Waals surface area contributed by atoms with Crippen molar-refractivity contribution in [1.29, 1.82) is 0 Å². The molecule has 1 aromatic heterocycles. The van der Waals surface area contributed by atoms with Crippen molar-refractivity contribution in [2.24, 2.45) is 0 Å². The molecular weight excluding hydrogens is 352 g/mol. The summed E-state index contributed by atoms with van der Waals surface area (Å²) >= 11 is 0. The lowest BCUT2D eigenvalue weighted by Crippen LogP contribution is -2.29. The highest BCUT2D eigenvalue weighted by molar-refractivity contribution is 5.92. The standard InChI is InChI=1S/C22H26N4O2/c1-4-8-20(27)23-16(3)22-25-18-11-5-6-12-19(18)26(22)14-21(28)24-17-10-7-9-15(2)13-17/h5-7,9-13,16H,4,8,14H2,1-3H3,(H,23,27)(H,24,28). The molecule has 2 aromatic carbocycles. The van der Waals surface area contributed by atoms with Gasteiger partial charge in [0.25, 0.3) is 0 Å². The molecule has 1 atom stereocenters. The van der Waals surface area contributed by atoms with Crippen LogP contribution in [-0.4, -0.2) is 21.4 Å². The first-order chi connectivity index (χ1) is 13.5. The SMILES string of the molecule is CCCC(=O)NC(C)c1nc2ccccc2n1CC(=O)Nc1cccc(C)c1. The number of imidazole rings is 1. The fourth-order valence-electron chi connectivity index (χ4n) is 3.26. The third-order valence-electron chi connectivity index (χ3n) is 4.53. The highest BCUT2D eigenvalue weighted by Gasteiger charge is 2.19. The second-order valence-electron chi connectivity index (χ2n) is 7.00. The lowest BCUT2D eigenvalue weighted by Gasteiger charge is -2.16. The molecule has 1 unspecified atom stereocenters. The molecule has 2 N–H and O–H groups in total. The monoisotopic (exact) mass is 378 g/mol. The lowest BCUT2D eigenvalue weighted by molar-refractivity contribution is -0.121. The largest absolute Gasteiger partial charge is 0.346 e. The number of aryl methyl sites for hydroxylation is 1. The maximum atomic E-state index is 12.7. The average Bonchev–Trinajstić information content (AvgIpc) is 3.00. The van der Waals surface area contributed by atoms with Crippen LogP contribution in [0.15, 0.2) is 48.5 Å². The lowest BCUT2D eigenvalue weighted by atomic mass is 10.2. The van der Waals surface area contributed by atoms with E-state index in [4.69, 9.17) is 0 Å². The van der Waals surface area contributed by atoms with E-state index in [1.165, 1.54) is 0 Å². The molecule has 2 amide bonds. The van der Waals surface area contributed by atoms with Gasteiger partial charge in [0.05, 0.1) is 17.1 Å². The van der Waals surface area contributed by atoms with Gasteiger partial charge in [0, 0.05) is 12.1 Å². The maximum absolute atomic E-state index is 12.7. The fraction of sp³-hybridized carbons (Fsp3) is 0.318. The van der Waals surface area contributed by atoms with Gasteiger partial charge in [0.2, 0.25) is 11.8 Å². The maximum Gasteiger partial charge on any atom is 0.244 e. The number of nitrogens with zero attached hydrogens (tertiary/aromatic N) is 2. The molecule has 0 radical (unpaired) electrons. The minimum Gasteiger partial charge on any atom is -0.346 e. The van der Waals surface area contributed by atoms with Crippen LogP contribution >= 0.6 is 0 Å². The van der Waals surface area contributed by atoms with Gasteiger partial charge in [-0.2, -0.15) is 0 Å². The molecule has 0 aliphatic heterocycles. The number of carbonyl (C=O) groups excluding carboxylic acids is 2. The average molecular weight is 378 g/mol. The summed E-state index contributed by atoms with van der Waals surface area (Å²) in [6.07, 6.45) is 1.26. The van der Waals surface area contributed by atoms with E-state index in [-0.39, 0.29) is 24.4 Å². The molecule has 0 spiro atoms. The zero-order valence-corrected chi connectivity index (χ0v) is 16.5. The van der Waals surface area contributed by atoms with Crippen molar-refractivity contribution in [3.05, 3.63) is 59.9 Å². The Balaban J connectivity index is 1.86. The number of anilines is 1. The first-order valence-corrected chi connectivity index (χ1v) is 9.59. The van der Waals surface area contributed by atoms with Crippen LogP contribution in [0.5, 0.6) is 0 Å². The number of hydrogen-bond acceptors (Lipinski definition) is 3. The number of fused-ring (bicyclic) bond motifs is 1. The van der Waals surface area contributed by atoms with E-state index in [1.54, 1.807) is 0 Å². The summed E-state index contributed by atoms with van der Waals surface area (Å²) < 4.78 is 1.87. The van der Waals surface area contributed by atoms with Crippen molar-refractivity contribution in [3.63, 3.8) is 0 Å². The predicted molar refractivity (Wildman–Crippen MR) is 111 cm³/mol. The van der Waals surface area contributed by atoms with Crippen molar-refractivity contribution in [3.8, 4) is 0 Å².